The molecule has 7 heteroatoms. The van der Waals surface area contributed by atoms with Crippen LogP contribution in [0.3, 0.4) is 0 Å². The van der Waals surface area contributed by atoms with E-state index in [1.807, 2.05) is 18.2 Å². The number of pyridine rings is 2. The van der Waals surface area contributed by atoms with Crippen LogP contribution in [-0.4, -0.2) is 26.8 Å². The number of nitrogens with zero attached hydrogens (tertiary/aromatic N) is 3. The van der Waals surface area contributed by atoms with E-state index < -0.39 is 7.04 Å². The van der Waals surface area contributed by atoms with Gasteiger partial charge in [-0.1, -0.05) is 15.9 Å². The first kappa shape index (κ1) is 11.0. The molecule has 0 atom stereocenters. The molecule has 0 aliphatic carbocycles. The Bertz CT molecular complexity index is 1140. The standard InChI is InChI=1S/C16H11BrN4O2/c1-23-14-5-3-10(7-19-14)21-16(22)12-8-18-13-6-9(17)2-4-11(13)15(12)20-21/h2-8,18H,1H3/i1D3. The van der Waals surface area contributed by atoms with Crippen molar-refractivity contribution in [3.63, 3.8) is 0 Å². The van der Waals surface area contributed by atoms with Gasteiger partial charge in [0.15, 0.2) is 0 Å². The number of methoxy groups -OCH3 is 1. The summed E-state index contributed by atoms with van der Waals surface area (Å²) < 4.78 is 28.1. The van der Waals surface area contributed by atoms with Crippen LogP contribution in [0.5, 0.6) is 5.88 Å². The second-order valence-corrected chi connectivity index (χ2v) is 5.83. The molecule has 0 spiro atoms. The fourth-order valence-electron chi connectivity index (χ4n) is 2.47. The van der Waals surface area contributed by atoms with Crippen LogP contribution < -0.4 is 10.3 Å². The van der Waals surface area contributed by atoms with Gasteiger partial charge in [-0.05, 0) is 24.3 Å². The minimum atomic E-state index is -2.58. The molecule has 4 rings (SSSR count). The van der Waals surface area contributed by atoms with Gasteiger partial charge in [-0.15, -0.1) is 0 Å². The lowest BCUT2D eigenvalue weighted by atomic mass is 10.1. The van der Waals surface area contributed by atoms with E-state index in [1.165, 1.54) is 23.0 Å². The number of benzene rings is 1. The summed E-state index contributed by atoms with van der Waals surface area (Å²) in [5, 5.41) is 5.24. The molecule has 0 saturated carbocycles. The highest BCUT2D eigenvalue weighted by atomic mass is 79.9. The Morgan fingerprint density at radius 1 is 1.35 bits per heavy atom. The minimum Gasteiger partial charge on any atom is -0.481 e. The molecule has 1 aromatic carbocycles. The fourth-order valence-corrected chi connectivity index (χ4v) is 2.83. The highest BCUT2D eigenvalue weighted by Gasteiger charge is 2.19. The first-order chi connectivity index (χ1) is 12.3. The lowest BCUT2D eigenvalue weighted by Gasteiger charge is -2.02. The zero-order valence-corrected chi connectivity index (χ0v) is 13.2. The second-order valence-electron chi connectivity index (χ2n) is 4.91. The highest BCUT2D eigenvalue weighted by Crippen LogP contribution is 2.27. The number of rotatable bonds is 2. The van der Waals surface area contributed by atoms with Gasteiger partial charge in [-0.2, -0.15) is 9.78 Å². The fraction of sp³-hybridized carbons (Fsp3) is 0.0625. The quantitative estimate of drug-likeness (QED) is 0.586. The third kappa shape index (κ3) is 2.20. The first-order valence-electron chi connectivity index (χ1n) is 8.17. The molecular weight excluding hydrogens is 360 g/mol. The summed E-state index contributed by atoms with van der Waals surface area (Å²) in [5.74, 6) is -0.0541. The molecule has 3 heterocycles. The van der Waals surface area contributed by atoms with Crippen molar-refractivity contribution >= 4 is 26.8 Å². The van der Waals surface area contributed by atoms with Crippen LogP contribution in [0.4, 0.5) is 0 Å². The number of hydrogen-bond donors (Lipinski definition) is 1. The zero-order valence-electron chi connectivity index (χ0n) is 14.6. The topological polar surface area (TPSA) is 72.8 Å². The number of fused-ring (bicyclic) bond motifs is 3. The van der Waals surface area contributed by atoms with Crippen LogP contribution in [0.25, 0.3) is 27.8 Å². The maximum Gasteiger partial charge on any atom is 0.282 e. The molecule has 6 nitrogen and oxygen atoms in total. The molecule has 1 N–H and O–H groups in total. The summed E-state index contributed by atoms with van der Waals surface area (Å²) in [6.07, 6.45) is 2.96. The van der Waals surface area contributed by atoms with Gasteiger partial charge in [-0.25, -0.2) is 4.98 Å². The molecule has 1 aromatic heterocycles. The van der Waals surface area contributed by atoms with Crippen LogP contribution in [0.15, 0.2) is 52.0 Å². The van der Waals surface area contributed by atoms with E-state index in [0.717, 1.165) is 15.4 Å². The lowest BCUT2D eigenvalue weighted by molar-refractivity contribution is 0.397. The Hall–Kier alpha value is -2.67. The maximum absolute atomic E-state index is 12.7. The summed E-state index contributed by atoms with van der Waals surface area (Å²) in [6.45, 7) is 0. The second kappa shape index (κ2) is 5.20. The van der Waals surface area contributed by atoms with E-state index in [4.69, 9.17) is 8.85 Å². The van der Waals surface area contributed by atoms with Crippen molar-refractivity contribution in [2.45, 2.75) is 0 Å². The van der Waals surface area contributed by atoms with E-state index in [2.05, 4.69) is 31.0 Å². The average molecular weight is 374 g/mol. The largest absolute Gasteiger partial charge is 0.481 e. The normalized spacial score (nSPS) is 13.7. The summed E-state index contributed by atoms with van der Waals surface area (Å²) >= 11 is 3.41. The summed E-state index contributed by atoms with van der Waals surface area (Å²) in [6, 6.07) is 8.57. The summed E-state index contributed by atoms with van der Waals surface area (Å²) in [4.78, 5) is 19.7. The third-order valence-corrected chi connectivity index (χ3v) is 4.05. The van der Waals surface area contributed by atoms with Crippen molar-refractivity contribution in [3.8, 4) is 22.8 Å². The first-order valence-corrected chi connectivity index (χ1v) is 7.46. The van der Waals surface area contributed by atoms with Gasteiger partial charge >= 0.3 is 0 Å². The van der Waals surface area contributed by atoms with Crippen molar-refractivity contribution in [2.75, 3.05) is 7.04 Å². The van der Waals surface area contributed by atoms with Gasteiger partial charge in [0.25, 0.3) is 5.56 Å². The third-order valence-electron chi connectivity index (χ3n) is 3.56. The molecule has 114 valence electrons. The molecule has 0 bridgehead atoms. The predicted molar refractivity (Wildman–Crippen MR) is 90.4 cm³/mol. The molecule has 2 aromatic rings. The predicted octanol–water partition coefficient (Wildman–Crippen LogP) is 2.98. The Morgan fingerprint density at radius 3 is 3.04 bits per heavy atom. The lowest BCUT2D eigenvalue weighted by Crippen LogP contribution is -2.14. The van der Waals surface area contributed by atoms with E-state index in [0.29, 0.717) is 16.9 Å². The van der Waals surface area contributed by atoms with Crippen molar-refractivity contribution in [3.05, 3.63) is 57.6 Å². The number of H-pyrrole nitrogens is 1. The molecule has 23 heavy (non-hydrogen) atoms. The van der Waals surface area contributed by atoms with Gasteiger partial charge in [0, 0.05) is 27.6 Å². The Kier molecular flexibility index (Phi) is 2.48. The number of aromatic nitrogens is 4. The van der Waals surface area contributed by atoms with E-state index >= 15 is 0 Å². The van der Waals surface area contributed by atoms with Crippen LogP contribution in [-0.2, 0) is 0 Å². The average Bonchev–Trinajstić information content (AvgIpc) is 2.91. The number of nitrogens with one attached hydrogen (secondary N) is 1. The summed E-state index contributed by atoms with van der Waals surface area (Å²) in [7, 11) is -2.58. The molecule has 0 saturated heterocycles. The minimum absolute atomic E-state index is 0.0541. The van der Waals surface area contributed by atoms with Crippen molar-refractivity contribution in [2.24, 2.45) is 0 Å². The van der Waals surface area contributed by atoms with Crippen LogP contribution in [0.1, 0.15) is 4.11 Å². The Morgan fingerprint density at radius 2 is 2.26 bits per heavy atom. The van der Waals surface area contributed by atoms with Gasteiger partial charge in [0.2, 0.25) is 5.88 Å². The molecule has 2 aliphatic rings. The van der Waals surface area contributed by atoms with Crippen LogP contribution in [0.2, 0.25) is 0 Å². The summed E-state index contributed by atoms with van der Waals surface area (Å²) in [5.41, 5.74) is 1.97. The monoisotopic (exact) mass is 373 g/mol. The van der Waals surface area contributed by atoms with Gasteiger partial charge in [0.1, 0.15) is 5.69 Å². The Balaban J connectivity index is 1.82. The van der Waals surface area contributed by atoms with E-state index in [-0.39, 0.29) is 11.4 Å². The van der Waals surface area contributed by atoms with Crippen molar-refractivity contribution < 1.29 is 8.85 Å². The number of halogens is 1. The number of ether oxygens (including phenoxy) is 1. The van der Waals surface area contributed by atoms with Gasteiger partial charge in [-0.3, -0.25) is 4.79 Å². The molecule has 2 aliphatic heterocycles. The van der Waals surface area contributed by atoms with Crippen LogP contribution >= 0.6 is 15.9 Å². The highest BCUT2D eigenvalue weighted by molar-refractivity contribution is 9.10. The molecule has 0 fully saturated rings. The van der Waals surface area contributed by atoms with Crippen molar-refractivity contribution in [1.29, 1.82) is 0 Å². The van der Waals surface area contributed by atoms with E-state index in [1.54, 1.807) is 6.20 Å². The van der Waals surface area contributed by atoms with E-state index in [9.17, 15) is 4.79 Å². The van der Waals surface area contributed by atoms with Gasteiger partial charge < -0.3 is 9.72 Å². The van der Waals surface area contributed by atoms with Crippen molar-refractivity contribution in [1.82, 2.24) is 19.7 Å². The molecule has 0 unspecified atom stereocenters. The van der Waals surface area contributed by atoms with Gasteiger partial charge in [0.05, 0.1) is 28.6 Å². The SMILES string of the molecule is [2H]C([2H])([2H])Oc1ccc(-n2nc3c4ccc(Br)cc4[nH]cc-3c2=O)cn1. The number of hydrogen-bond acceptors (Lipinski definition) is 4. The van der Waals surface area contributed by atoms with Crippen LogP contribution in [0, 0.1) is 0 Å². The number of aromatic amines is 1. The Labute approximate surface area is 143 Å². The molecular formula is C16H11BrN4O2. The molecule has 0 amide bonds. The zero-order chi connectivity index (χ0) is 18.5. The smallest absolute Gasteiger partial charge is 0.282 e. The maximum atomic E-state index is 12.7. The molecule has 0 radical (unpaired) electrons.